The molecule has 3 nitrogen and oxygen atoms in total. The lowest BCUT2D eigenvalue weighted by atomic mass is 10.1. The molecule has 0 aliphatic carbocycles. The molecule has 3 rings (SSSR count). The van der Waals surface area contributed by atoms with Crippen molar-refractivity contribution in [3.05, 3.63) is 65.0 Å². The summed E-state index contributed by atoms with van der Waals surface area (Å²) in [5, 5.41) is 3.46. The molecular weight excluding hydrogens is 258 g/mol. The van der Waals surface area contributed by atoms with Gasteiger partial charge in [0.1, 0.15) is 5.82 Å². The molecule has 21 heavy (non-hydrogen) atoms. The number of aromatic nitrogens is 2. The van der Waals surface area contributed by atoms with Gasteiger partial charge in [0.05, 0.1) is 11.0 Å². The Kier molecular flexibility index (Phi) is 4.02. The Labute approximate surface area is 125 Å². The number of hydrogen-bond donors (Lipinski definition) is 2. The molecule has 0 aliphatic rings. The molecule has 0 bridgehead atoms. The first-order valence-corrected chi connectivity index (χ1v) is 7.43. The molecule has 0 saturated carbocycles. The first-order valence-electron chi connectivity index (χ1n) is 7.43. The third kappa shape index (κ3) is 3.31. The summed E-state index contributed by atoms with van der Waals surface area (Å²) >= 11 is 0. The van der Waals surface area contributed by atoms with Crippen molar-refractivity contribution in [3.8, 4) is 0 Å². The van der Waals surface area contributed by atoms with Crippen LogP contribution < -0.4 is 5.32 Å². The van der Waals surface area contributed by atoms with E-state index in [0.717, 1.165) is 36.4 Å². The topological polar surface area (TPSA) is 40.7 Å². The van der Waals surface area contributed by atoms with Crippen LogP contribution in [0.15, 0.2) is 42.5 Å². The number of hydrogen-bond acceptors (Lipinski definition) is 2. The smallest absolute Gasteiger partial charge is 0.108 e. The van der Waals surface area contributed by atoms with E-state index in [0.29, 0.717) is 0 Å². The van der Waals surface area contributed by atoms with Gasteiger partial charge in [-0.15, -0.1) is 0 Å². The summed E-state index contributed by atoms with van der Waals surface area (Å²) < 4.78 is 0. The molecule has 0 aliphatic heterocycles. The van der Waals surface area contributed by atoms with Crippen molar-refractivity contribution in [2.45, 2.75) is 26.8 Å². The van der Waals surface area contributed by atoms with Crippen LogP contribution in [0.2, 0.25) is 0 Å². The van der Waals surface area contributed by atoms with Gasteiger partial charge in [0.2, 0.25) is 0 Å². The van der Waals surface area contributed by atoms with Crippen LogP contribution in [0.1, 0.15) is 22.5 Å². The van der Waals surface area contributed by atoms with Crippen molar-refractivity contribution in [2.24, 2.45) is 0 Å². The van der Waals surface area contributed by atoms with Gasteiger partial charge in [-0.1, -0.05) is 30.3 Å². The van der Waals surface area contributed by atoms with Crippen LogP contribution in [0.25, 0.3) is 11.0 Å². The number of fused-ring (bicyclic) bond motifs is 1. The number of H-pyrrole nitrogens is 1. The maximum Gasteiger partial charge on any atom is 0.108 e. The molecule has 2 aromatic carbocycles. The minimum Gasteiger partial charge on any atom is -0.342 e. The number of benzene rings is 2. The second kappa shape index (κ2) is 6.10. The molecule has 0 amide bonds. The van der Waals surface area contributed by atoms with Crippen molar-refractivity contribution in [3.63, 3.8) is 0 Å². The highest BCUT2D eigenvalue weighted by Gasteiger charge is 2.04. The monoisotopic (exact) mass is 279 g/mol. The molecule has 0 saturated heterocycles. The molecule has 0 atom stereocenters. The van der Waals surface area contributed by atoms with Crippen LogP contribution >= 0.6 is 0 Å². The zero-order valence-electron chi connectivity index (χ0n) is 12.6. The van der Waals surface area contributed by atoms with Crippen LogP contribution in [0, 0.1) is 13.8 Å². The molecule has 3 aromatic rings. The lowest BCUT2D eigenvalue weighted by Gasteiger charge is -2.03. The summed E-state index contributed by atoms with van der Waals surface area (Å²) in [6, 6.07) is 14.8. The summed E-state index contributed by atoms with van der Waals surface area (Å²) in [7, 11) is 0. The van der Waals surface area contributed by atoms with E-state index in [1.165, 1.54) is 16.7 Å². The highest BCUT2D eigenvalue weighted by atomic mass is 14.9. The van der Waals surface area contributed by atoms with E-state index in [4.69, 9.17) is 0 Å². The Hall–Kier alpha value is -2.13. The number of aryl methyl sites for hydroxylation is 2. The SMILES string of the molecule is Cc1cc2nc(CCNCc3ccccc3)[nH]c2cc1C. The Morgan fingerprint density at radius 3 is 2.62 bits per heavy atom. The summed E-state index contributed by atoms with van der Waals surface area (Å²) in [6.07, 6.45) is 0.916. The minimum absolute atomic E-state index is 0.902. The number of aromatic amines is 1. The van der Waals surface area contributed by atoms with Gasteiger partial charge in [0, 0.05) is 19.5 Å². The normalized spacial score (nSPS) is 11.1. The average Bonchev–Trinajstić information content (AvgIpc) is 2.87. The Balaban J connectivity index is 1.58. The fourth-order valence-corrected chi connectivity index (χ4v) is 2.48. The standard InChI is InChI=1S/C18H21N3/c1-13-10-16-17(11-14(13)2)21-18(20-16)8-9-19-12-15-6-4-3-5-7-15/h3-7,10-11,19H,8-9,12H2,1-2H3,(H,20,21). The summed E-state index contributed by atoms with van der Waals surface area (Å²) in [5.74, 6) is 1.05. The van der Waals surface area contributed by atoms with Crippen LogP contribution in [-0.4, -0.2) is 16.5 Å². The van der Waals surface area contributed by atoms with E-state index < -0.39 is 0 Å². The van der Waals surface area contributed by atoms with Gasteiger partial charge in [0.15, 0.2) is 0 Å². The molecule has 1 heterocycles. The van der Waals surface area contributed by atoms with Gasteiger partial charge in [0.25, 0.3) is 0 Å². The first-order chi connectivity index (χ1) is 10.2. The minimum atomic E-state index is 0.902. The summed E-state index contributed by atoms with van der Waals surface area (Å²) in [4.78, 5) is 8.07. The van der Waals surface area contributed by atoms with Crippen LogP contribution in [0.3, 0.4) is 0 Å². The van der Waals surface area contributed by atoms with Gasteiger partial charge < -0.3 is 10.3 Å². The van der Waals surface area contributed by atoms with E-state index in [-0.39, 0.29) is 0 Å². The van der Waals surface area contributed by atoms with E-state index in [1.807, 2.05) is 6.07 Å². The predicted octanol–water partition coefficient (Wildman–Crippen LogP) is 3.51. The lowest BCUT2D eigenvalue weighted by Crippen LogP contribution is -2.17. The summed E-state index contributed by atoms with van der Waals surface area (Å²) in [5.41, 5.74) is 6.11. The quantitative estimate of drug-likeness (QED) is 0.702. The van der Waals surface area contributed by atoms with E-state index in [2.05, 4.69) is 65.5 Å². The molecular formula is C18H21N3. The molecule has 0 fully saturated rings. The van der Waals surface area contributed by atoms with Crippen molar-refractivity contribution in [1.29, 1.82) is 0 Å². The fourth-order valence-electron chi connectivity index (χ4n) is 2.48. The Bertz CT molecular complexity index is 690. The van der Waals surface area contributed by atoms with E-state index in [1.54, 1.807) is 0 Å². The van der Waals surface area contributed by atoms with Crippen molar-refractivity contribution in [2.75, 3.05) is 6.54 Å². The third-order valence-electron chi connectivity index (χ3n) is 3.86. The lowest BCUT2D eigenvalue weighted by molar-refractivity contribution is 0.675. The molecule has 0 unspecified atom stereocenters. The average molecular weight is 279 g/mol. The largest absolute Gasteiger partial charge is 0.342 e. The molecule has 2 N–H and O–H groups in total. The fraction of sp³-hybridized carbons (Fsp3) is 0.278. The highest BCUT2D eigenvalue weighted by Crippen LogP contribution is 2.17. The Morgan fingerprint density at radius 1 is 1.05 bits per heavy atom. The third-order valence-corrected chi connectivity index (χ3v) is 3.86. The highest BCUT2D eigenvalue weighted by molar-refractivity contribution is 5.77. The van der Waals surface area contributed by atoms with Gasteiger partial charge in [-0.25, -0.2) is 4.98 Å². The zero-order valence-corrected chi connectivity index (χ0v) is 12.6. The molecule has 108 valence electrons. The number of imidazole rings is 1. The number of nitrogens with one attached hydrogen (secondary N) is 2. The van der Waals surface area contributed by atoms with E-state index in [9.17, 15) is 0 Å². The molecule has 3 heteroatoms. The first kappa shape index (κ1) is 13.8. The van der Waals surface area contributed by atoms with Crippen LogP contribution in [0.4, 0.5) is 0 Å². The zero-order chi connectivity index (χ0) is 14.7. The van der Waals surface area contributed by atoms with Gasteiger partial charge >= 0.3 is 0 Å². The number of rotatable bonds is 5. The summed E-state index contributed by atoms with van der Waals surface area (Å²) in [6.45, 7) is 6.09. The second-order valence-electron chi connectivity index (χ2n) is 5.55. The van der Waals surface area contributed by atoms with E-state index >= 15 is 0 Å². The van der Waals surface area contributed by atoms with Crippen molar-refractivity contribution < 1.29 is 0 Å². The van der Waals surface area contributed by atoms with Crippen LogP contribution in [0.5, 0.6) is 0 Å². The Morgan fingerprint density at radius 2 is 1.81 bits per heavy atom. The predicted molar refractivity (Wildman–Crippen MR) is 87.4 cm³/mol. The van der Waals surface area contributed by atoms with Crippen LogP contribution in [-0.2, 0) is 13.0 Å². The second-order valence-corrected chi connectivity index (χ2v) is 5.55. The van der Waals surface area contributed by atoms with Gasteiger partial charge in [-0.3, -0.25) is 0 Å². The number of nitrogens with zero attached hydrogens (tertiary/aromatic N) is 1. The molecule has 0 radical (unpaired) electrons. The maximum atomic E-state index is 4.66. The van der Waals surface area contributed by atoms with Gasteiger partial charge in [-0.2, -0.15) is 0 Å². The molecule has 0 spiro atoms. The van der Waals surface area contributed by atoms with Crippen molar-refractivity contribution >= 4 is 11.0 Å². The van der Waals surface area contributed by atoms with Gasteiger partial charge in [-0.05, 0) is 42.7 Å². The maximum absolute atomic E-state index is 4.66. The van der Waals surface area contributed by atoms with Crippen molar-refractivity contribution in [1.82, 2.24) is 15.3 Å². The molecule has 1 aromatic heterocycles.